The van der Waals surface area contributed by atoms with Gasteiger partial charge in [-0.3, -0.25) is 4.79 Å². The molecule has 1 aromatic heterocycles. The minimum Gasteiger partial charge on any atom is -0.376 e. The van der Waals surface area contributed by atoms with Crippen molar-refractivity contribution in [3.8, 4) is 11.3 Å². The lowest BCUT2D eigenvalue weighted by Crippen LogP contribution is -2.13. The number of H-pyrrole nitrogens is 1. The van der Waals surface area contributed by atoms with Crippen LogP contribution in [0.5, 0.6) is 0 Å². The van der Waals surface area contributed by atoms with E-state index >= 15 is 0 Å². The Hall–Kier alpha value is -2.28. The van der Waals surface area contributed by atoms with Crippen molar-refractivity contribution in [1.29, 1.82) is 0 Å². The molecule has 6 nitrogen and oxygen atoms in total. The molecule has 1 fully saturated rings. The molecule has 0 atom stereocenters. The zero-order valence-corrected chi connectivity index (χ0v) is 11.3. The Morgan fingerprint density at radius 1 is 1.43 bits per heavy atom. The summed E-state index contributed by atoms with van der Waals surface area (Å²) in [7, 11) is 0. The van der Waals surface area contributed by atoms with Crippen LogP contribution in [-0.2, 0) is 11.3 Å². The number of nitrogens with one attached hydrogen (secondary N) is 1. The van der Waals surface area contributed by atoms with Crippen molar-refractivity contribution in [2.45, 2.75) is 19.4 Å². The predicted octanol–water partition coefficient (Wildman–Crippen LogP) is 1.64. The van der Waals surface area contributed by atoms with Crippen LogP contribution in [-0.4, -0.2) is 27.9 Å². The molecule has 0 spiro atoms. The maximum Gasteiger partial charge on any atom is 0.271 e. The topological polar surface area (TPSA) is 93.9 Å². The monoisotopic (exact) mass is 290 g/mol. The molecule has 1 saturated carbocycles. The Morgan fingerprint density at radius 3 is 2.95 bits per heavy atom. The first-order valence-corrected chi connectivity index (χ1v) is 6.72. The lowest BCUT2D eigenvalue weighted by molar-refractivity contribution is 0.0996. The van der Waals surface area contributed by atoms with E-state index in [4.69, 9.17) is 10.5 Å². The van der Waals surface area contributed by atoms with Gasteiger partial charge >= 0.3 is 0 Å². The van der Waals surface area contributed by atoms with Crippen LogP contribution in [0.2, 0.25) is 0 Å². The Bertz CT molecular complexity index is 667. The van der Waals surface area contributed by atoms with Crippen LogP contribution in [0.15, 0.2) is 18.2 Å². The van der Waals surface area contributed by atoms with E-state index in [9.17, 15) is 9.18 Å². The van der Waals surface area contributed by atoms with Crippen molar-refractivity contribution in [2.24, 2.45) is 11.7 Å². The number of benzene rings is 1. The highest BCUT2D eigenvalue weighted by Gasteiger charge is 2.22. The van der Waals surface area contributed by atoms with Crippen LogP contribution in [0, 0.1) is 11.7 Å². The van der Waals surface area contributed by atoms with Crippen LogP contribution in [0.1, 0.15) is 28.9 Å². The van der Waals surface area contributed by atoms with Crippen molar-refractivity contribution in [3.63, 3.8) is 0 Å². The largest absolute Gasteiger partial charge is 0.376 e. The van der Waals surface area contributed by atoms with Gasteiger partial charge in [0.1, 0.15) is 11.5 Å². The number of primary amides is 1. The van der Waals surface area contributed by atoms with Gasteiger partial charge < -0.3 is 10.5 Å². The number of amides is 1. The van der Waals surface area contributed by atoms with Crippen molar-refractivity contribution in [1.82, 2.24) is 15.4 Å². The molecule has 0 saturated heterocycles. The zero-order valence-electron chi connectivity index (χ0n) is 11.3. The third-order valence-electron chi connectivity index (χ3n) is 3.41. The van der Waals surface area contributed by atoms with E-state index < -0.39 is 5.91 Å². The Labute approximate surface area is 120 Å². The summed E-state index contributed by atoms with van der Waals surface area (Å²) < 4.78 is 19.1. The van der Waals surface area contributed by atoms with E-state index in [1.807, 2.05) is 0 Å². The van der Waals surface area contributed by atoms with E-state index in [1.165, 1.54) is 25.0 Å². The van der Waals surface area contributed by atoms with Crippen LogP contribution in [0.4, 0.5) is 4.39 Å². The smallest absolute Gasteiger partial charge is 0.271 e. The molecule has 110 valence electrons. The maximum atomic E-state index is 13.5. The average Bonchev–Trinajstić information content (AvgIpc) is 3.13. The molecule has 1 aliphatic carbocycles. The van der Waals surface area contributed by atoms with Gasteiger partial charge in [-0.1, -0.05) is 0 Å². The molecule has 1 amide bonds. The highest BCUT2D eigenvalue weighted by Crippen LogP contribution is 2.30. The summed E-state index contributed by atoms with van der Waals surface area (Å²) in [5, 5.41) is 10.0. The number of hydrogen-bond donors (Lipinski definition) is 2. The van der Waals surface area contributed by atoms with Crippen molar-refractivity contribution < 1.29 is 13.9 Å². The van der Waals surface area contributed by atoms with Crippen LogP contribution in [0.25, 0.3) is 11.3 Å². The standard InChI is InChI=1S/C14H15FN4O2/c15-10-3-4-11(12-13(14(16)20)18-19-17-12)9(5-10)7-21-6-8-1-2-8/h3-5,8H,1-2,6-7H2,(H2,16,20)(H,17,18,19). The normalized spacial score (nSPS) is 14.3. The molecule has 21 heavy (non-hydrogen) atoms. The fraction of sp³-hybridized carbons (Fsp3) is 0.357. The van der Waals surface area contributed by atoms with Gasteiger partial charge in [0.2, 0.25) is 0 Å². The number of nitrogens with zero attached hydrogens (tertiary/aromatic N) is 2. The zero-order chi connectivity index (χ0) is 14.8. The Balaban J connectivity index is 1.88. The number of rotatable bonds is 6. The number of carbonyl (C=O) groups excluding carboxylic acids is 1. The molecule has 2 aromatic rings. The van der Waals surface area contributed by atoms with Gasteiger partial charge in [0.05, 0.1) is 6.61 Å². The Morgan fingerprint density at radius 2 is 2.24 bits per heavy atom. The molecule has 1 heterocycles. The summed E-state index contributed by atoms with van der Waals surface area (Å²) in [5.74, 6) is -0.434. The maximum absolute atomic E-state index is 13.5. The second kappa shape index (κ2) is 5.61. The third-order valence-corrected chi connectivity index (χ3v) is 3.41. The number of aromatic nitrogens is 3. The average molecular weight is 290 g/mol. The predicted molar refractivity (Wildman–Crippen MR) is 72.7 cm³/mol. The number of hydrogen-bond acceptors (Lipinski definition) is 4. The minimum atomic E-state index is -0.687. The molecule has 7 heteroatoms. The van der Waals surface area contributed by atoms with Gasteiger partial charge in [-0.2, -0.15) is 15.4 Å². The number of nitrogens with two attached hydrogens (primary N) is 1. The number of ether oxygens (including phenoxy) is 1. The quantitative estimate of drug-likeness (QED) is 0.845. The number of halogens is 1. The summed E-state index contributed by atoms with van der Waals surface area (Å²) in [5.41, 5.74) is 6.81. The second-order valence-electron chi connectivity index (χ2n) is 5.15. The van der Waals surface area contributed by atoms with Crippen molar-refractivity contribution >= 4 is 5.91 Å². The molecule has 3 N–H and O–H groups in total. The summed E-state index contributed by atoms with van der Waals surface area (Å²) in [6, 6.07) is 4.23. The van der Waals surface area contributed by atoms with Gasteiger partial charge in [-0.05, 0) is 42.5 Å². The second-order valence-corrected chi connectivity index (χ2v) is 5.15. The first-order valence-electron chi connectivity index (χ1n) is 6.72. The fourth-order valence-corrected chi connectivity index (χ4v) is 2.12. The lowest BCUT2D eigenvalue weighted by Gasteiger charge is -2.09. The van der Waals surface area contributed by atoms with Gasteiger partial charge in [-0.15, -0.1) is 0 Å². The molecule has 0 aliphatic heterocycles. The lowest BCUT2D eigenvalue weighted by atomic mass is 10.0. The first-order chi connectivity index (χ1) is 10.1. The molecular formula is C14H15FN4O2. The SMILES string of the molecule is NC(=O)c1n[nH]nc1-c1ccc(F)cc1COCC1CC1. The van der Waals surface area contributed by atoms with Crippen LogP contribution in [0.3, 0.4) is 0 Å². The molecule has 1 aromatic carbocycles. The van der Waals surface area contributed by atoms with Gasteiger partial charge in [-0.25, -0.2) is 4.39 Å². The number of aromatic amines is 1. The number of carbonyl (C=O) groups is 1. The van der Waals surface area contributed by atoms with Crippen LogP contribution >= 0.6 is 0 Å². The third kappa shape index (κ3) is 3.08. The highest BCUT2D eigenvalue weighted by atomic mass is 19.1. The summed E-state index contributed by atoms with van der Waals surface area (Å²) in [4.78, 5) is 11.3. The van der Waals surface area contributed by atoms with Crippen LogP contribution < -0.4 is 5.73 Å². The molecule has 0 unspecified atom stereocenters. The fourth-order valence-electron chi connectivity index (χ4n) is 2.12. The summed E-state index contributed by atoms with van der Waals surface area (Å²) in [6.07, 6.45) is 2.37. The van der Waals surface area contributed by atoms with E-state index in [2.05, 4.69) is 15.4 Å². The van der Waals surface area contributed by atoms with E-state index in [0.717, 1.165) is 0 Å². The molecule has 3 rings (SSSR count). The summed E-state index contributed by atoms with van der Waals surface area (Å²) in [6.45, 7) is 0.923. The van der Waals surface area contributed by atoms with Gasteiger partial charge in [0.25, 0.3) is 5.91 Å². The molecule has 0 radical (unpaired) electrons. The van der Waals surface area contributed by atoms with Gasteiger partial charge in [0, 0.05) is 12.2 Å². The van der Waals surface area contributed by atoms with E-state index in [-0.39, 0.29) is 18.1 Å². The summed E-state index contributed by atoms with van der Waals surface area (Å²) >= 11 is 0. The molecular weight excluding hydrogens is 275 g/mol. The molecule has 0 bridgehead atoms. The van der Waals surface area contributed by atoms with Crippen molar-refractivity contribution in [3.05, 3.63) is 35.3 Å². The highest BCUT2D eigenvalue weighted by molar-refractivity contribution is 5.97. The van der Waals surface area contributed by atoms with Crippen molar-refractivity contribution in [2.75, 3.05) is 6.61 Å². The first kappa shape index (κ1) is 13.7. The minimum absolute atomic E-state index is 0.0325. The molecule has 1 aliphatic rings. The Kier molecular flexibility index (Phi) is 3.66. The van der Waals surface area contributed by atoms with E-state index in [1.54, 1.807) is 6.07 Å². The van der Waals surface area contributed by atoms with E-state index in [0.29, 0.717) is 29.3 Å². The van der Waals surface area contributed by atoms with Gasteiger partial charge in [0.15, 0.2) is 5.69 Å².